The predicted octanol–water partition coefficient (Wildman–Crippen LogP) is 2.03. The van der Waals surface area contributed by atoms with Gasteiger partial charge in [-0.1, -0.05) is 32.1 Å². The molecule has 68 valence electrons. The van der Waals surface area contributed by atoms with E-state index in [0.29, 0.717) is 0 Å². The van der Waals surface area contributed by atoms with Crippen LogP contribution in [0.2, 0.25) is 0 Å². The van der Waals surface area contributed by atoms with E-state index in [1.165, 1.54) is 5.56 Å². The lowest BCUT2D eigenvalue weighted by molar-refractivity contribution is 0.584. The summed E-state index contributed by atoms with van der Waals surface area (Å²) in [5.41, 5.74) is 2.47. The first-order chi connectivity index (χ1) is 6.07. The summed E-state index contributed by atoms with van der Waals surface area (Å²) in [4.78, 5) is 0. The van der Waals surface area contributed by atoms with E-state index in [-0.39, 0.29) is 5.41 Å². The molecule has 0 radical (unpaired) electrons. The first-order valence-corrected chi connectivity index (χ1v) is 4.38. The topological polar surface area (TPSA) is 30.2 Å². The average molecular weight is 175 g/mol. The van der Waals surface area contributed by atoms with Crippen molar-refractivity contribution in [1.82, 2.24) is 14.8 Å². The van der Waals surface area contributed by atoms with Crippen molar-refractivity contribution in [3.8, 4) is 0 Å². The van der Waals surface area contributed by atoms with Gasteiger partial charge in [0.15, 0.2) is 0 Å². The zero-order chi connectivity index (χ0) is 9.47. The fourth-order valence-electron chi connectivity index (χ4n) is 1.26. The van der Waals surface area contributed by atoms with Crippen LogP contribution >= 0.6 is 0 Å². The summed E-state index contributed by atoms with van der Waals surface area (Å²) in [5, 5.41) is 7.80. The second-order valence-corrected chi connectivity index (χ2v) is 4.27. The highest BCUT2D eigenvalue weighted by Gasteiger charge is 2.13. The molecule has 0 aliphatic carbocycles. The molecule has 0 saturated heterocycles. The number of aromatic nitrogens is 3. The molecule has 13 heavy (non-hydrogen) atoms. The monoisotopic (exact) mass is 175 g/mol. The van der Waals surface area contributed by atoms with Crippen molar-refractivity contribution in [1.29, 1.82) is 0 Å². The SMILES string of the molecule is CC(C)(C)c1ccc2cnnn2c1. The second-order valence-electron chi connectivity index (χ2n) is 4.27. The highest BCUT2D eigenvalue weighted by atomic mass is 15.4. The third kappa shape index (κ3) is 1.41. The zero-order valence-corrected chi connectivity index (χ0v) is 8.15. The van der Waals surface area contributed by atoms with Gasteiger partial charge in [-0.05, 0) is 17.0 Å². The first kappa shape index (κ1) is 8.23. The molecule has 2 rings (SSSR count). The van der Waals surface area contributed by atoms with Crippen molar-refractivity contribution in [2.45, 2.75) is 26.2 Å². The summed E-state index contributed by atoms with van der Waals surface area (Å²) in [7, 11) is 0. The summed E-state index contributed by atoms with van der Waals surface area (Å²) in [6.07, 6.45) is 3.79. The maximum Gasteiger partial charge on any atom is 0.0865 e. The Morgan fingerprint density at radius 3 is 2.69 bits per heavy atom. The number of hydrogen-bond donors (Lipinski definition) is 0. The van der Waals surface area contributed by atoms with Crippen LogP contribution < -0.4 is 0 Å². The lowest BCUT2D eigenvalue weighted by Gasteiger charge is -2.18. The summed E-state index contributed by atoms with van der Waals surface area (Å²) in [5.74, 6) is 0. The number of nitrogens with zero attached hydrogens (tertiary/aromatic N) is 3. The van der Waals surface area contributed by atoms with Crippen molar-refractivity contribution in [2.75, 3.05) is 0 Å². The van der Waals surface area contributed by atoms with Crippen LogP contribution in [0.4, 0.5) is 0 Å². The van der Waals surface area contributed by atoms with Gasteiger partial charge in [0.1, 0.15) is 0 Å². The Labute approximate surface area is 77.4 Å². The standard InChI is InChI=1S/C10H13N3/c1-10(2,3)8-4-5-9-6-11-12-13(9)7-8/h4-7H,1-3H3. The molecule has 3 heteroatoms. The molecule has 0 atom stereocenters. The number of fused-ring (bicyclic) bond motifs is 1. The van der Waals surface area contributed by atoms with Crippen LogP contribution in [0, 0.1) is 0 Å². The second kappa shape index (κ2) is 2.55. The predicted molar refractivity (Wildman–Crippen MR) is 51.7 cm³/mol. The van der Waals surface area contributed by atoms with Crippen LogP contribution in [-0.2, 0) is 5.41 Å². The maximum atomic E-state index is 3.96. The van der Waals surface area contributed by atoms with E-state index in [2.05, 4.69) is 37.1 Å². The highest BCUT2D eigenvalue weighted by molar-refractivity contribution is 5.44. The lowest BCUT2D eigenvalue weighted by Crippen LogP contribution is -2.11. The van der Waals surface area contributed by atoms with Crippen LogP contribution in [0.1, 0.15) is 26.3 Å². The normalized spacial score (nSPS) is 12.2. The van der Waals surface area contributed by atoms with Crippen LogP contribution in [0.15, 0.2) is 24.5 Å². The molecule has 0 aliphatic rings. The van der Waals surface area contributed by atoms with Gasteiger partial charge in [-0.2, -0.15) is 0 Å². The summed E-state index contributed by atoms with van der Waals surface area (Å²) in [6, 6.07) is 4.17. The largest absolute Gasteiger partial charge is 0.220 e. The third-order valence-corrected chi connectivity index (χ3v) is 2.16. The van der Waals surface area contributed by atoms with Gasteiger partial charge in [0.2, 0.25) is 0 Å². The smallest absolute Gasteiger partial charge is 0.0865 e. The highest BCUT2D eigenvalue weighted by Crippen LogP contribution is 2.21. The molecule has 2 aromatic rings. The lowest BCUT2D eigenvalue weighted by atomic mass is 9.88. The number of rotatable bonds is 0. The average Bonchev–Trinajstić information content (AvgIpc) is 2.47. The molecule has 0 bridgehead atoms. The molecule has 0 aromatic carbocycles. The van der Waals surface area contributed by atoms with Gasteiger partial charge in [0.05, 0.1) is 11.7 Å². The molecule has 0 saturated carbocycles. The Hall–Kier alpha value is -1.38. The van der Waals surface area contributed by atoms with Crippen LogP contribution in [-0.4, -0.2) is 14.8 Å². The van der Waals surface area contributed by atoms with E-state index in [4.69, 9.17) is 0 Å². The summed E-state index contributed by atoms with van der Waals surface area (Å²) < 4.78 is 1.81. The summed E-state index contributed by atoms with van der Waals surface area (Å²) in [6.45, 7) is 6.56. The summed E-state index contributed by atoms with van der Waals surface area (Å²) >= 11 is 0. The molecule has 2 aromatic heterocycles. The molecular formula is C10H13N3. The quantitative estimate of drug-likeness (QED) is 0.613. The fourth-order valence-corrected chi connectivity index (χ4v) is 1.26. The first-order valence-electron chi connectivity index (χ1n) is 4.38. The molecule has 0 aliphatic heterocycles. The molecule has 0 N–H and O–H groups in total. The molecular weight excluding hydrogens is 162 g/mol. The minimum Gasteiger partial charge on any atom is -0.220 e. The van der Waals surface area contributed by atoms with Gasteiger partial charge in [-0.15, -0.1) is 5.10 Å². The maximum absolute atomic E-state index is 3.96. The van der Waals surface area contributed by atoms with Gasteiger partial charge in [0.25, 0.3) is 0 Å². The van der Waals surface area contributed by atoms with Gasteiger partial charge < -0.3 is 0 Å². The Morgan fingerprint density at radius 1 is 1.23 bits per heavy atom. The van der Waals surface area contributed by atoms with E-state index >= 15 is 0 Å². The minimum absolute atomic E-state index is 0.167. The minimum atomic E-state index is 0.167. The van der Waals surface area contributed by atoms with Crippen LogP contribution in [0.3, 0.4) is 0 Å². The molecule has 0 amide bonds. The van der Waals surface area contributed by atoms with Gasteiger partial charge in [-0.3, -0.25) is 0 Å². The van der Waals surface area contributed by atoms with E-state index in [0.717, 1.165) is 5.52 Å². The van der Waals surface area contributed by atoms with Crippen molar-refractivity contribution < 1.29 is 0 Å². The van der Waals surface area contributed by atoms with Crippen molar-refractivity contribution in [3.63, 3.8) is 0 Å². The van der Waals surface area contributed by atoms with E-state index in [1.807, 2.05) is 12.3 Å². The van der Waals surface area contributed by atoms with Crippen molar-refractivity contribution in [3.05, 3.63) is 30.1 Å². The number of pyridine rings is 1. The van der Waals surface area contributed by atoms with Crippen molar-refractivity contribution in [2.24, 2.45) is 0 Å². The van der Waals surface area contributed by atoms with Crippen LogP contribution in [0.25, 0.3) is 5.52 Å². The third-order valence-electron chi connectivity index (χ3n) is 2.16. The Balaban J connectivity index is 2.61. The van der Waals surface area contributed by atoms with E-state index in [9.17, 15) is 0 Å². The fraction of sp³-hybridized carbons (Fsp3) is 0.400. The molecule has 2 heterocycles. The Kier molecular flexibility index (Phi) is 1.62. The molecule has 3 nitrogen and oxygen atoms in total. The van der Waals surface area contributed by atoms with Gasteiger partial charge >= 0.3 is 0 Å². The molecule has 0 fully saturated rings. The van der Waals surface area contributed by atoms with Gasteiger partial charge in [0, 0.05) is 6.20 Å². The van der Waals surface area contributed by atoms with Gasteiger partial charge in [-0.25, -0.2) is 4.52 Å². The Bertz CT molecular complexity index is 423. The molecule has 0 unspecified atom stereocenters. The Morgan fingerprint density at radius 2 is 2.00 bits per heavy atom. The van der Waals surface area contributed by atoms with Crippen LogP contribution in [0.5, 0.6) is 0 Å². The number of hydrogen-bond acceptors (Lipinski definition) is 2. The van der Waals surface area contributed by atoms with Crippen molar-refractivity contribution >= 4 is 5.52 Å². The molecule has 0 spiro atoms. The van der Waals surface area contributed by atoms with E-state index < -0.39 is 0 Å². The zero-order valence-electron chi connectivity index (χ0n) is 8.15. The van der Waals surface area contributed by atoms with E-state index in [1.54, 1.807) is 10.7 Å².